The van der Waals surface area contributed by atoms with Crippen LogP contribution in [0.15, 0.2) is 22.8 Å². The molecule has 0 N–H and O–H groups in total. The Hall–Kier alpha value is -1.36. The molecule has 4 nitrogen and oxygen atoms in total. The van der Waals surface area contributed by atoms with Crippen LogP contribution in [0, 0.1) is 11.3 Å². The van der Waals surface area contributed by atoms with Gasteiger partial charge in [0.15, 0.2) is 5.76 Å². The Kier molecular flexibility index (Phi) is 3.92. The topological polar surface area (TPSA) is 36.7 Å². The van der Waals surface area contributed by atoms with Crippen LogP contribution in [0.1, 0.15) is 42.7 Å². The lowest BCUT2D eigenvalue weighted by atomic mass is 9.76. The molecule has 1 spiro atoms. The molecule has 3 aliphatic rings. The summed E-state index contributed by atoms with van der Waals surface area (Å²) < 4.78 is 20.0. The molecular formula is C18H25FN2O2. The third-order valence-electron chi connectivity index (χ3n) is 6.05. The first kappa shape index (κ1) is 15.2. The van der Waals surface area contributed by atoms with E-state index in [1.165, 1.54) is 25.5 Å². The first-order valence-corrected chi connectivity index (χ1v) is 8.85. The predicted octanol–water partition coefficient (Wildman–Crippen LogP) is 2.96. The Balaban J connectivity index is 1.43. The second-order valence-corrected chi connectivity index (χ2v) is 7.60. The quantitative estimate of drug-likeness (QED) is 0.859. The van der Waals surface area contributed by atoms with Crippen molar-refractivity contribution in [1.29, 1.82) is 0 Å². The number of nitrogens with zero attached hydrogens (tertiary/aromatic N) is 2. The molecule has 2 aliphatic heterocycles. The summed E-state index contributed by atoms with van der Waals surface area (Å²) in [4.78, 5) is 16.7. The number of carbonyl (C=O) groups excluding carboxylic acids is 1. The van der Waals surface area contributed by atoms with E-state index in [0.717, 1.165) is 32.0 Å². The molecule has 23 heavy (non-hydrogen) atoms. The van der Waals surface area contributed by atoms with Crippen LogP contribution >= 0.6 is 0 Å². The van der Waals surface area contributed by atoms with E-state index in [2.05, 4.69) is 4.90 Å². The molecule has 2 atom stereocenters. The molecule has 0 unspecified atom stereocenters. The van der Waals surface area contributed by atoms with Gasteiger partial charge in [-0.1, -0.05) is 6.42 Å². The van der Waals surface area contributed by atoms with Gasteiger partial charge in [0.2, 0.25) is 0 Å². The zero-order chi connectivity index (χ0) is 15.9. The van der Waals surface area contributed by atoms with Gasteiger partial charge in [0.05, 0.1) is 6.26 Å². The lowest BCUT2D eigenvalue weighted by Gasteiger charge is -2.44. The summed E-state index contributed by atoms with van der Waals surface area (Å²) >= 11 is 0. The van der Waals surface area contributed by atoms with E-state index in [4.69, 9.17) is 4.42 Å². The Labute approximate surface area is 136 Å². The van der Waals surface area contributed by atoms with Gasteiger partial charge in [0, 0.05) is 38.1 Å². The van der Waals surface area contributed by atoms with Crippen LogP contribution in [0.4, 0.5) is 4.39 Å². The molecule has 1 aromatic heterocycles. The van der Waals surface area contributed by atoms with Crippen LogP contribution in [0.2, 0.25) is 0 Å². The molecule has 1 saturated carbocycles. The minimum absolute atomic E-state index is 0.102. The second kappa shape index (κ2) is 5.93. The van der Waals surface area contributed by atoms with Crippen LogP contribution in [0.5, 0.6) is 0 Å². The summed E-state index contributed by atoms with van der Waals surface area (Å²) in [5.74, 6) is 1.07. The normalized spacial score (nSPS) is 32.4. The van der Waals surface area contributed by atoms with Crippen LogP contribution in [0.25, 0.3) is 0 Å². The summed E-state index contributed by atoms with van der Waals surface area (Å²) in [5, 5.41) is 0. The molecule has 3 heterocycles. The van der Waals surface area contributed by atoms with Crippen molar-refractivity contribution in [1.82, 2.24) is 9.80 Å². The predicted molar refractivity (Wildman–Crippen MR) is 85.0 cm³/mol. The number of hydrogen-bond acceptors (Lipinski definition) is 3. The number of amides is 1. The van der Waals surface area contributed by atoms with Crippen molar-refractivity contribution >= 4 is 5.91 Å². The number of carbonyl (C=O) groups is 1. The van der Waals surface area contributed by atoms with Gasteiger partial charge in [0.25, 0.3) is 5.91 Å². The maximum atomic E-state index is 14.7. The smallest absolute Gasteiger partial charge is 0.289 e. The van der Waals surface area contributed by atoms with E-state index < -0.39 is 6.17 Å². The third kappa shape index (κ3) is 2.80. The van der Waals surface area contributed by atoms with Gasteiger partial charge < -0.3 is 14.2 Å². The highest BCUT2D eigenvalue weighted by Gasteiger charge is 2.49. The molecule has 1 aromatic rings. The second-order valence-electron chi connectivity index (χ2n) is 7.60. The third-order valence-corrected chi connectivity index (χ3v) is 6.05. The fraction of sp³-hybridized carbons (Fsp3) is 0.722. The van der Waals surface area contributed by atoms with Crippen LogP contribution in [-0.4, -0.2) is 54.6 Å². The van der Waals surface area contributed by atoms with Gasteiger partial charge in [-0.15, -0.1) is 0 Å². The van der Waals surface area contributed by atoms with Crippen LogP contribution < -0.4 is 0 Å². The number of piperidine rings is 1. The summed E-state index contributed by atoms with van der Waals surface area (Å²) in [6.07, 6.45) is 6.09. The monoisotopic (exact) mass is 320 g/mol. The SMILES string of the molecule is O=C(c1ccco1)N1CC[C@]2(CN(CC3CCC3)CC[C@H]2F)C1. The zero-order valence-corrected chi connectivity index (χ0v) is 13.5. The fourth-order valence-corrected chi connectivity index (χ4v) is 4.43. The number of likely N-dealkylation sites (tertiary alicyclic amines) is 2. The van der Waals surface area contributed by atoms with E-state index in [9.17, 15) is 9.18 Å². The number of furan rings is 1. The molecule has 0 aromatic carbocycles. The van der Waals surface area contributed by atoms with E-state index in [1.807, 2.05) is 0 Å². The molecule has 1 aliphatic carbocycles. The van der Waals surface area contributed by atoms with Crippen molar-refractivity contribution in [3.8, 4) is 0 Å². The Morgan fingerprint density at radius 1 is 1.30 bits per heavy atom. The number of hydrogen-bond donors (Lipinski definition) is 0. The molecule has 3 fully saturated rings. The molecular weight excluding hydrogens is 295 g/mol. The number of alkyl halides is 1. The first-order valence-electron chi connectivity index (χ1n) is 8.85. The van der Waals surface area contributed by atoms with Gasteiger partial charge in [-0.05, 0) is 43.7 Å². The molecule has 0 bridgehead atoms. The van der Waals surface area contributed by atoms with Crippen LogP contribution in [-0.2, 0) is 0 Å². The van der Waals surface area contributed by atoms with E-state index in [0.29, 0.717) is 25.3 Å². The molecule has 126 valence electrons. The molecule has 2 saturated heterocycles. The van der Waals surface area contributed by atoms with Crippen molar-refractivity contribution in [2.24, 2.45) is 11.3 Å². The van der Waals surface area contributed by atoms with Crippen molar-refractivity contribution in [2.45, 2.75) is 38.3 Å². The molecule has 4 rings (SSSR count). The van der Waals surface area contributed by atoms with Gasteiger partial charge in [0.1, 0.15) is 6.17 Å². The number of rotatable bonds is 3. The summed E-state index contributed by atoms with van der Waals surface area (Å²) in [5.41, 5.74) is -0.371. The fourth-order valence-electron chi connectivity index (χ4n) is 4.43. The summed E-state index contributed by atoms with van der Waals surface area (Å²) in [6.45, 7) is 3.94. The zero-order valence-electron chi connectivity index (χ0n) is 13.5. The van der Waals surface area contributed by atoms with Crippen molar-refractivity contribution in [3.05, 3.63) is 24.2 Å². The van der Waals surface area contributed by atoms with Crippen LogP contribution in [0.3, 0.4) is 0 Å². The lowest BCUT2D eigenvalue weighted by molar-refractivity contribution is -0.00123. The maximum absolute atomic E-state index is 14.7. The highest BCUT2D eigenvalue weighted by molar-refractivity contribution is 5.91. The Bertz CT molecular complexity index is 557. The first-order chi connectivity index (χ1) is 11.2. The van der Waals surface area contributed by atoms with Gasteiger partial charge in [-0.2, -0.15) is 0 Å². The molecule has 0 radical (unpaired) electrons. The van der Waals surface area contributed by atoms with Gasteiger partial charge >= 0.3 is 0 Å². The highest BCUT2D eigenvalue weighted by Crippen LogP contribution is 2.42. The Morgan fingerprint density at radius 3 is 2.87 bits per heavy atom. The average Bonchev–Trinajstić information content (AvgIpc) is 3.17. The highest BCUT2D eigenvalue weighted by atomic mass is 19.1. The average molecular weight is 320 g/mol. The van der Waals surface area contributed by atoms with Gasteiger partial charge in [-0.3, -0.25) is 4.79 Å². The summed E-state index contributed by atoms with van der Waals surface area (Å²) in [7, 11) is 0. The van der Waals surface area contributed by atoms with E-state index in [-0.39, 0.29) is 11.3 Å². The number of halogens is 1. The maximum Gasteiger partial charge on any atom is 0.289 e. The van der Waals surface area contributed by atoms with E-state index in [1.54, 1.807) is 17.0 Å². The van der Waals surface area contributed by atoms with Crippen molar-refractivity contribution < 1.29 is 13.6 Å². The van der Waals surface area contributed by atoms with Gasteiger partial charge in [-0.25, -0.2) is 4.39 Å². The largest absolute Gasteiger partial charge is 0.459 e. The van der Waals surface area contributed by atoms with Crippen molar-refractivity contribution in [2.75, 3.05) is 32.7 Å². The van der Waals surface area contributed by atoms with E-state index >= 15 is 0 Å². The summed E-state index contributed by atoms with van der Waals surface area (Å²) in [6, 6.07) is 3.40. The minimum atomic E-state index is -0.797. The standard InChI is InChI=1S/C18H25FN2O2/c19-16-6-8-20(11-14-3-1-4-14)12-18(16)7-9-21(13-18)17(22)15-5-2-10-23-15/h2,5,10,14,16H,1,3-4,6-9,11-13H2/t16-,18+/m1/s1. The Morgan fingerprint density at radius 2 is 2.17 bits per heavy atom. The minimum Gasteiger partial charge on any atom is -0.459 e. The van der Waals surface area contributed by atoms with Crippen molar-refractivity contribution in [3.63, 3.8) is 0 Å². The molecule has 1 amide bonds. The lowest BCUT2D eigenvalue weighted by Crippen LogP contribution is -2.53. The molecule has 5 heteroatoms.